The molecule has 0 saturated carbocycles. The minimum atomic E-state index is -0.256. The average Bonchev–Trinajstić information content (AvgIpc) is 2.37. The Balaban J connectivity index is 2.60. The van der Waals surface area contributed by atoms with Gasteiger partial charge in [0.1, 0.15) is 17.3 Å². The van der Waals surface area contributed by atoms with Crippen LogP contribution in [0.1, 0.15) is 45.6 Å². The van der Waals surface area contributed by atoms with E-state index in [9.17, 15) is 9.18 Å². The lowest BCUT2D eigenvalue weighted by molar-refractivity contribution is -0.121. The molecule has 0 fully saturated rings. The van der Waals surface area contributed by atoms with Crippen LogP contribution in [0.25, 0.3) is 0 Å². The van der Waals surface area contributed by atoms with E-state index in [1.807, 2.05) is 20.8 Å². The first-order valence-electron chi connectivity index (χ1n) is 6.98. The van der Waals surface area contributed by atoms with Crippen molar-refractivity contribution in [3.8, 4) is 5.75 Å². The normalized spacial score (nSPS) is 10.8. The third-order valence-electron chi connectivity index (χ3n) is 3.00. The molecule has 2 nitrogen and oxygen atoms in total. The Morgan fingerprint density at radius 2 is 2.11 bits per heavy atom. The van der Waals surface area contributed by atoms with E-state index in [1.54, 1.807) is 6.07 Å². The van der Waals surface area contributed by atoms with E-state index in [4.69, 9.17) is 4.74 Å². The summed E-state index contributed by atoms with van der Waals surface area (Å²) in [4.78, 5) is 11.6. The number of carbonyl (C=O) groups is 1. The predicted molar refractivity (Wildman–Crippen MR) is 75.0 cm³/mol. The Morgan fingerprint density at radius 3 is 2.74 bits per heavy atom. The van der Waals surface area contributed by atoms with Crippen molar-refractivity contribution < 1.29 is 13.9 Å². The number of rotatable bonds is 8. The van der Waals surface area contributed by atoms with Gasteiger partial charge in [-0.1, -0.05) is 20.8 Å². The van der Waals surface area contributed by atoms with Gasteiger partial charge in [-0.05, 0) is 43.0 Å². The molecule has 1 aromatic rings. The highest BCUT2D eigenvalue weighted by atomic mass is 19.1. The monoisotopic (exact) mass is 266 g/mol. The zero-order chi connectivity index (χ0) is 14.3. The molecule has 1 aromatic carbocycles. The summed E-state index contributed by atoms with van der Waals surface area (Å²) >= 11 is 0. The molecule has 3 heteroatoms. The summed E-state index contributed by atoms with van der Waals surface area (Å²) in [5, 5.41) is 0. The molecule has 0 aliphatic carbocycles. The van der Waals surface area contributed by atoms with Crippen molar-refractivity contribution in [2.24, 2.45) is 5.92 Å². The lowest BCUT2D eigenvalue weighted by Crippen LogP contribution is -2.07. The summed E-state index contributed by atoms with van der Waals surface area (Å²) in [6.45, 7) is 6.47. The molecule has 0 N–H and O–H groups in total. The van der Waals surface area contributed by atoms with E-state index in [1.165, 1.54) is 12.1 Å². The summed E-state index contributed by atoms with van der Waals surface area (Å²) in [5.74, 6) is 0.810. The zero-order valence-corrected chi connectivity index (χ0v) is 12.0. The van der Waals surface area contributed by atoms with Crippen molar-refractivity contribution in [2.45, 2.75) is 46.5 Å². The third kappa shape index (κ3) is 5.41. The Bertz CT molecular complexity index is 413. The maximum absolute atomic E-state index is 13.3. The quantitative estimate of drug-likeness (QED) is 0.706. The van der Waals surface area contributed by atoms with Crippen LogP contribution in [0.2, 0.25) is 0 Å². The van der Waals surface area contributed by atoms with Crippen LogP contribution in [0.5, 0.6) is 5.75 Å². The van der Waals surface area contributed by atoms with Crippen LogP contribution in [0.3, 0.4) is 0 Å². The van der Waals surface area contributed by atoms with Crippen LogP contribution in [0, 0.1) is 11.7 Å². The molecule has 106 valence electrons. The van der Waals surface area contributed by atoms with Crippen LogP contribution in [0.4, 0.5) is 4.39 Å². The van der Waals surface area contributed by atoms with E-state index in [0.29, 0.717) is 19.4 Å². The first-order valence-corrected chi connectivity index (χ1v) is 6.98. The van der Waals surface area contributed by atoms with Crippen molar-refractivity contribution in [3.05, 3.63) is 29.6 Å². The lowest BCUT2D eigenvalue weighted by Gasteiger charge is -2.11. The molecule has 19 heavy (non-hydrogen) atoms. The van der Waals surface area contributed by atoms with E-state index >= 15 is 0 Å². The fourth-order valence-corrected chi connectivity index (χ4v) is 1.84. The topological polar surface area (TPSA) is 26.3 Å². The van der Waals surface area contributed by atoms with Crippen molar-refractivity contribution in [2.75, 3.05) is 6.61 Å². The van der Waals surface area contributed by atoms with E-state index in [0.717, 1.165) is 24.2 Å². The molecular formula is C16H23FO2. The molecule has 0 aliphatic heterocycles. The Labute approximate surface area is 115 Å². The summed E-state index contributed by atoms with van der Waals surface area (Å²) < 4.78 is 18.9. The first-order chi connectivity index (χ1) is 9.04. The number of benzene rings is 1. The summed E-state index contributed by atoms with van der Waals surface area (Å²) in [6, 6.07) is 4.59. The van der Waals surface area contributed by atoms with Gasteiger partial charge in [-0.15, -0.1) is 0 Å². The van der Waals surface area contributed by atoms with Gasteiger partial charge in [0.25, 0.3) is 0 Å². The molecule has 0 radical (unpaired) electrons. The Morgan fingerprint density at radius 1 is 1.37 bits per heavy atom. The Kier molecular flexibility index (Phi) is 6.54. The fraction of sp³-hybridized carbons (Fsp3) is 0.562. The third-order valence-corrected chi connectivity index (χ3v) is 3.00. The number of Topliss-reactive ketones (excluding diaryl/α,β-unsaturated/α-hetero) is 1. The summed E-state index contributed by atoms with van der Waals surface area (Å²) in [5.41, 5.74) is 0.852. The first kappa shape index (κ1) is 15.7. The molecule has 0 heterocycles. The van der Waals surface area contributed by atoms with Gasteiger partial charge in [0, 0.05) is 12.3 Å². The average molecular weight is 266 g/mol. The second-order valence-corrected chi connectivity index (χ2v) is 5.08. The van der Waals surface area contributed by atoms with Gasteiger partial charge in [0.15, 0.2) is 0 Å². The smallest absolute Gasteiger partial charge is 0.135 e. The highest BCUT2D eigenvalue weighted by molar-refractivity contribution is 5.80. The SMILES string of the molecule is CCCOc1ccc(F)cc1CCCC(=O)C(C)C. The second-order valence-electron chi connectivity index (χ2n) is 5.08. The van der Waals surface area contributed by atoms with Gasteiger partial charge in [0.2, 0.25) is 0 Å². The molecule has 0 spiro atoms. The van der Waals surface area contributed by atoms with Gasteiger partial charge in [-0.3, -0.25) is 4.79 Å². The van der Waals surface area contributed by atoms with Crippen molar-refractivity contribution >= 4 is 5.78 Å². The number of hydrogen-bond donors (Lipinski definition) is 0. The van der Waals surface area contributed by atoms with Crippen molar-refractivity contribution in [1.29, 1.82) is 0 Å². The summed E-state index contributed by atoms with van der Waals surface area (Å²) in [6.07, 6.45) is 2.88. The predicted octanol–water partition coefficient (Wildman–Crippen LogP) is 4.16. The molecular weight excluding hydrogens is 243 g/mol. The molecule has 0 bridgehead atoms. The highest BCUT2D eigenvalue weighted by Gasteiger charge is 2.09. The number of hydrogen-bond acceptors (Lipinski definition) is 2. The van der Waals surface area contributed by atoms with E-state index in [-0.39, 0.29) is 17.5 Å². The number of aryl methyl sites for hydroxylation is 1. The largest absolute Gasteiger partial charge is 0.493 e. The number of carbonyl (C=O) groups excluding carboxylic acids is 1. The van der Waals surface area contributed by atoms with E-state index in [2.05, 4.69) is 0 Å². The van der Waals surface area contributed by atoms with Crippen LogP contribution in [-0.2, 0) is 11.2 Å². The highest BCUT2D eigenvalue weighted by Crippen LogP contribution is 2.22. The zero-order valence-electron chi connectivity index (χ0n) is 12.0. The standard InChI is InChI=1S/C16H23FO2/c1-4-10-19-16-9-8-14(17)11-13(16)6-5-7-15(18)12(2)3/h8-9,11-12H,4-7,10H2,1-3H3. The lowest BCUT2D eigenvalue weighted by atomic mass is 10.0. The maximum atomic E-state index is 13.3. The molecule has 1 rings (SSSR count). The fourth-order valence-electron chi connectivity index (χ4n) is 1.84. The molecule has 0 amide bonds. The number of ketones is 1. The Hall–Kier alpha value is -1.38. The number of halogens is 1. The van der Waals surface area contributed by atoms with Gasteiger partial charge >= 0.3 is 0 Å². The van der Waals surface area contributed by atoms with Crippen LogP contribution >= 0.6 is 0 Å². The maximum Gasteiger partial charge on any atom is 0.135 e. The molecule has 0 aromatic heterocycles. The van der Waals surface area contributed by atoms with Crippen LogP contribution in [0.15, 0.2) is 18.2 Å². The van der Waals surface area contributed by atoms with E-state index < -0.39 is 0 Å². The van der Waals surface area contributed by atoms with Gasteiger partial charge in [-0.25, -0.2) is 4.39 Å². The van der Waals surface area contributed by atoms with Crippen LogP contribution in [-0.4, -0.2) is 12.4 Å². The molecule has 0 atom stereocenters. The van der Waals surface area contributed by atoms with Gasteiger partial charge < -0.3 is 4.74 Å². The van der Waals surface area contributed by atoms with Crippen LogP contribution < -0.4 is 4.74 Å². The van der Waals surface area contributed by atoms with Crippen molar-refractivity contribution in [3.63, 3.8) is 0 Å². The molecule has 0 aliphatic rings. The summed E-state index contributed by atoms with van der Waals surface area (Å²) in [7, 11) is 0. The molecule has 0 saturated heterocycles. The van der Waals surface area contributed by atoms with Crippen molar-refractivity contribution in [1.82, 2.24) is 0 Å². The minimum Gasteiger partial charge on any atom is -0.493 e. The minimum absolute atomic E-state index is 0.0725. The van der Waals surface area contributed by atoms with Gasteiger partial charge in [0.05, 0.1) is 6.61 Å². The molecule has 0 unspecified atom stereocenters. The van der Waals surface area contributed by atoms with Gasteiger partial charge in [-0.2, -0.15) is 0 Å². The second kappa shape index (κ2) is 7.93. The number of ether oxygens (including phenoxy) is 1.